The predicted molar refractivity (Wildman–Crippen MR) is 162 cm³/mol. The quantitative estimate of drug-likeness (QED) is 0.215. The van der Waals surface area contributed by atoms with Crippen LogP contribution in [0.5, 0.6) is 0 Å². The second-order valence-electron chi connectivity index (χ2n) is 8.15. The molecule has 0 aromatic heterocycles. The van der Waals surface area contributed by atoms with Crippen molar-refractivity contribution in [1.82, 2.24) is 0 Å². The lowest BCUT2D eigenvalue weighted by atomic mass is 10.2. The van der Waals surface area contributed by atoms with Crippen molar-refractivity contribution in [3.05, 3.63) is 157 Å². The Bertz CT molecular complexity index is 1340. The monoisotopic (exact) mass is 504 g/mol. The van der Waals surface area contributed by atoms with Gasteiger partial charge in [-0.2, -0.15) is 0 Å². The molecular formula is C32H27P3. The second kappa shape index (κ2) is 11.7. The van der Waals surface area contributed by atoms with E-state index in [1.54, 1.807) is 0 Å². The third kappa shape index (κ3) is 5.69. The molecule has 0 aliphatic heterocycles. The Morgan fingerprint density at radius 1 is 0.486 bits per heavy atom. The van der Waals surface area contributed by atoms with E-state index in [1.165, 1.54) is 37.4 Å². The van der Waals surface area contributed by atoms with Crippen LogP contribution in [0.4, 0.5) is 0 Å². The maximum Gasteiger partial charge on any atom is -0.00676 e. The molecule has 2 unspecified atom stereocenters. The predicted octanol–water partition coefficient (Wildman–Crippen LogP) is 6.75. The Morgan fingerprint density at radius 3 is 1.43 bits per heavy atom. The fourth-order valence-corrected chi connectivity index (χ4v) is 9.84. The molecule has 0 saturated carbocycles. The smallest absolute Gasteiger partial charge is 0.00676 e. The Kier molecular flexibility index (Phi) is 7.98. The van der Waals surface area contributed by atoms with Crippen LogP contribution < -0.4 is 26.5 Å². The summed E-state index contributed by atoms with van der Waals surface area (Å²) in [5.74, 6) is 2.58. The maximum atomic E-state index is 2.96. The summed E-state index contributed by atoms with van der Waals surface area (Å²) in [5, 5.41) is 8.14. The summed E-state index contributed by atoms with van der Waals surface area (Å²) in [7, 11) is 1.50. The van der Waals surface area contributed by atoms with E-state index in [0.717, 1.165) is 0 Å². The minimum absolute atomic E-state index is 0.715. The molecule has 0 saturated heterocycles. The third-order valence-corrected chi connectivity index (χ3v) is 11.6. The summed E-state index contributed by atoms with van der Waals surface area (Å²) < 4.78 is 0. The average Bonchev–Trinajstić information content (AvgIpc) is 2.93. The Labute approximate surface area is 213 Å². The van der Waals surface area contributed by atoms with E-state index in [0.29, 0.717) is 0 Å². The first-order valence-corrected chi connectivity index (χ1v) is 15.0. The van der Waals surface area contributed by atoms with Crippen molar-refractivity contribution in [3.63, 3.8) is 0 Å². The molecule has 5 aromatic rings. The van der Waals surface area contributed by atoms with E-state index in [-0.39, 0.29) is 0 Å². The zero-order valence-electron chi connectivity index (χ0n) is 19.4. The Balaban J connectivity index is 1.78. The van der Waals surface area contributed by atoms with Crippen LogP contribution in [0.1, 0.15) is 5.56 Å². The van der Waals surface area contributed by atoms with Crippen LogP contribution in [0.25, 0.3) is 5.31 Å². The molecule has 0 amide bonds. The van der Waals surface area contributed by atoms with Crippen molar-refractivity contribution < 1.29 is 0 Å². The van der Waals surface area contributed by atoms with Crippen molar-refractivity contribution in [3.8, 4) is 0 Å². The summed E-state index contributed by atoms with van der Waals surface area (Å²) in [5.41, 5.74) is 1.29. The summed E-state index contributed by atoms with van der Waals surface area (Å²) in [6.07, 6.45) is 0. The molecule has 0 bridgehead atoms. The normalized spacial score (nSPS) is 12.5. The van der Waals surface area contributed by atoms with Gasteiger partial charge in [0.05, 0.1) is 0 Å². The fraction of sp³-hybridized carbons (Fsp3) is 0. The van der Waals surface area contributed by atoms with Crippen LogP contribution in [0.3, 0.4) is 0 Å². The van der Waals surface area contributed by atoms with Crippen LogP contribution in [0, 0.1) is 0 Å². The van der Waals surface area contributed by atoms with E-state index < -0.39 is 15.8 Å². The van der Waals surface area contributed by atoms with E-state index in [4.69, 9.17) is 0 Å². The lowest BCUT2D eigenvalue weighted by Gasteiger charge is -2.26. The number of hydrogen-bond donors (Lipinski definition) is 0. The van der Waals surface area contributed by atoms with Gasteiger partial charge in [0.15, 0.2) is 0 Å². The van der Waals surface area contributed by atoms with Gasteiger partial charge in [0.25, 0.3) is 0 Å². The van der Waals surface area contributed by atoms with Crippen molar-refractivity contribution in [1.29, 1.82) is 0 Å². The van der Waals surface area contributed by atoms with Crippen molar-refractivity contribution in [2.45, 2.75) is 0 Å². The number of benzene rings is 5. The molecular weight excluding hydrogens is 477 g/mol. The van der Waals surface area contributed by atoms with E-state index in [1.807, 2.05) is 0 Å². The van der Waals surface area contributed by atoms with Gasteiger partial charge in [-0.25, -0.2) is 0 Å². The van der Waals surface area contributed by atoms with Gasteiger partial charge in [-0.1, -0.05) is 146 Å². The van der Waals surface area contributed by atoms with Gasteiger partial charge in [-0.3, -0.25) is 0 Å². The Hall–Kier alpha value is -2.87. The zero-order valence-corrected chi connectivity index (χ0v) is 22.3. The highest BCUT2D eigenvalue weighted by atomic mass is 31.1. The van der Waals surface area contributed by atoms with Crippen LogP contribution in [-0.4, -0.2) is 0 Å². The highest BCUT2D eigenvalue weighted by Crippen LogP contribution is 2.53. The second-order valence-corrected chi connectivity index (χ2v) is 13.0. The van der Waals surface area contributed by atoms with Gasteiger partial charge in [-0.15, -0.1) is 9.24 Å². The van der Waals surface area contributed by atoms with E-state index >= 15 is 0 Å². The Morgan fingerprint density at radius 2 is 0.914 bits per heavy atom. The zero-order chi connectivity index (χ0) is 23.9. The first-order chi connectivity index (χ1) is 17.3. The molecule has 2 atom stereocenters. The van der Waals surface area contributed by atoms with E-state index in [9.17, 15) is 0 Å². The lowest BCUT2D eigenvalue weighted by molar-refractivity contribution is 1.65. The molecule has 170 valence electrons. The maximum absolute atomic E-state index is 2.96. The highest BCUT2D eigenvalue weighted by molar-refractivity contribution is 7.84. The summed E-state index contributed by atoms with van der Waals surface area (Å²) >= 11 is 0. The SMILES string of the molecule is Pc1ccccc1P(/C=C(/c1ccccc1)P(c1ccccc1)c1ccccc1)c1ccccc1. The largest absolute Gasteiger partial charge is 0.105 e. The molecule has 5 aromatic carbocycles. The molecule has 0 radical (unpaired) electrons. The van der Waals surface area contributed by atoms with Crippen LogP contribution in [0.15, 0.2) is 151 Å². The summed E-state index contributed by atoms with van der Waals surface area (Å²) in [6.45, 7) is 0. The summed E-state index contributed by atoms with van der Waals surface area (Å²) in [6, 6.07) is 52.6. The first kappa shape index (κ1) is 23.9. The van der Waals surface area contributed by atoms with Gasteiger partial charge in [0, 0.05) is 0 Å². The molecule has 35 heavy (non-hydrogen) atoms. The molecule has 0 aliphatic carbocycles. The molecule has 0 aliphatic rings. The standard InChI is InChI=1S/C32H27P3/c33-30-23-13-14-24-31(30)34(27-17-7-2-8-18-27)25-32(26-15-5-1-6-16-26)35(28-19-9-3-10-20-28)29-21-11-4-12-22-29/h1-25H,33H2/b32-25-. The summed E-state index contributed by atoms with van der Waals surface area (Å²) in [4.78, 5) is 0. The van der Waals surface area contributed by atoms with Crippen LogP contribution in [-0.2, 0) is 0 Å². The van der Waals surface area contributed by atoms with E-state index in [2.05, 4.69) is 161 Å². The molecule has 0 nitrogen and oxygen atoms in total. The minimum atomic E-state index is -0.743. The van der Waals surface area contributed by atoms with Crippen LogP contribution >= 0.6 is 25.1 Å². The lowest BCUT2D eigenvalue weighted by Crippen LogP contribution is -2.21. The average molecular weight is 504 g/mol. The van der Waals surface area contributed by atoms with Gasteiger partial charge < -0.3 is 0 Å². The molecule has 0 fully saturated rings. The molecule has 5 rings (SSSR count). The highest BCUT2D eigenvalue weighted by Gasteiger charge is 2.23. The molecule has 3 heteroatoms. The topological polar surface area (TPSA) is 0 Å². The molecule has 0 N–H and O–H groups in total. The van der Waals surface area contributed by atoms with Gasteiger partial charge in [0.1, 0.15) is 0 Å². The van der Waals surface area contributed by atoms with Gasteiger partial charge >= 0.3 is 0 Å². The van der Waals surface area contributed by atoms with Crippen molar-refractivity contribution in [2.75, 3.05) is 0 Å². The van der Waals surface area contributed by atoms with Gasteiger partial charge in [0.2, 0.25) is 0 Å². The van der Waals surface area contributed by atoms with Crippen molar-refractivity contribution >= 4 is 56.9 Å². The van der Waals surface area contributed by atoms with Crippen LogP contribution in [0.2, 0.25) is 0 Å². The first-order valence-electron chi connectivity index (χ1n) is 11.7. The van der Waals surface area contributed by atoms with Crippen molar-refractivity contribution in [2.24, 2.45) is 0 Å². The number of rotatable bonds is 7. The third-order valence-electron chi connectivity index (χ3n) is 5.82. The minimum Gasteiger partial charge on any atom is -0.105 e. The number of hydrogen-bond acceptors (Lipinski definition) is 0. The molecule has 0 heterocycles. The molecule has 0 spiro atoms. The van der Waals surface area contributed by atoms with Gasteiger partial charge in [-0.05, 0) is 59.1 Å². The fourth-order valence-electron chi connectivity index (χ4n) is 4.15.